The molecule has 0 aromatic heterocycles. The van der Waals surface area contributed by atoms with E-state index < -0.39 is 0 Å². The molecular weight excluding hydrogens is 296 g/mol. The molecule has 0 bridgehead atoms. The summed E-state index contributed by atoms with van der Waals surface area (Å²) >= 11 is 1.95. The Bertz CT molecular complexity index is 772. The van der Waals surface area contributed by atoms with Crippen molar-refractivity contribution in [2.75, 3.05) is 0 Å². The SMILES string of the molecule is Cc1ccc(C(C)C)cc2c(C)c(SCc3ccccc3)cc1-2. The number of hydrogen-bond donors (Lipinski definition) is 0. The summed E-state index contributed by atoms with van der Waals surface area (Å²) in [7, 11) is 0. The van der Waals surface area contributed by atoms with E-state index in [2.05, 4.69) is 82.3 Å². The molecular formula is C22H24S. The molecule has 1 aromatic carbocycles. The van der Waals surface area contributed by atoms with Crippen LogP contribution in [0.15, 0.2) is 59.5 Å². The summed E-state index contributed by atoms with van der Waals surface area (Å²) in [4.78, 5) is 1.41. The van der Waals surface area contributed by atoms with Crippen LogP contribution in [0.3, 0.4) is 0 Å². The van der Waals surface area contributed by atoms with Crippen LogP contribution in [0.2, 0.25) is 0 Å². The highest BCUT2D eigenvalue weighted by molar-refractivity contribution is 7.98. The van der Waals surface area contributed by atoms with Crippen molar-refractivity contribution in [1.82, 2.24) is 0 Å². The average molecular weight is 321 g/mol. The van der Waals surface area contributed by atoms with Crippen molar-refractivity contribution in [3.8, 4) is 11.1 Å². The summed E-state index contributed by atoms with van der Waals surface area (Å²) in [6.07, 6.45) is 0. The van der Waals surface area contributed by atoms with E-state index in [1.807, 2.05) is 11.8 Å². The number of fused-ring (bicyclic) bond motifs is 1. The quantitative estimate of drug-likeness (QED) is 0.475. The number of aryl methyl sites for hydroxylation is 1. The van der Waals surface area contributed by atoms with E-state index in [1.54, 1.807) is 0 Å². The third-order valence-corrected chi connectivity index (χ3v) is 5.72. The van der Waals surface area contributed by atoms with Crippen molar-refractivity contribution in [3.63, 3.8) is 0 Å². The molecule has 0 N–H and O–H groups in total. The lowest BCUT2D eigenvalue weighted by Gasteiger charge is -2.04. The molecule has 0 amide bonds. The molecule has 3 rings (SSSR count). The Morgan fingerprint density at radius 1 is 0.870 bits per heavy atom. The predicted molar refractivity (Wildman–Crippen MR) is 103 cm³/mol. The van der Waals surface area contributed by atoms with Gasteiger partial charge in [0.05, 0.1) is 0 Å². The first-order valence-electron chi connectivity index (χ1n) is 8.27. The smallest absolute Gasteiger partial charge is 0.0232 e. The Balaban J connectivity index is 1.97. The highest BCUT2D eigenvalue weighted by Crippen LogP contribution is 2.40. The highest BCUT2D eigenvalue weighted by Gasteiger charge is 2.15. The predicted octanol–water partition coefficient (Wildman–Crippen LogP) is 6.82. The third kappa shape index (κ3) is 3.45. The molecule has 0 aliphatic heterocycles. The van der Waals surface area contributed by atoms with Crippen LogP contribution in [0.25, 0.3) is 11.1 Å². The molecule has 0 nitrogen and oxygen atoms in total. The first-order chi connectivity index (χ1) is 11.1. The molecule has 0 atom stereocenters. The Kier molecular flexibility index (Phi) is 4.77. The summed E-state index contributed by atoms with van der Waals surface area (Å²) in [6.45, 7) is 9.01. The van der Waals surface area contributed by atoms with Crippen LogP contribution in [0.5, 0.6) is 0 Å². The summed E-state index contributed by atoms with van der Waals surface area (Å²) in [5, 5.41) is 0. The van der Waals surface area contributed by atoms with Crippen LogP contribution in [0.1, 0.15) is 42.0 Å². The maximum absolute atomic E-state index is 2.38. The van der Waals surface area contributed by atoms with Crippen LogP contribution < -0.4 is 0 Å². The fourth-order valence-electron chi connectivity index (χ4n) is 2.93. The van der Waals surface area contributed by atoms with Gasteiger partial charge >= 0.3 is 0 Å². The molecule has 2 aliphatic carbocycles. The van der Waals surface area contributed by atoms with E-state index in [9.17, 15) is 0 Å². The van der Waals surface area contributed by atoms with Gasteiger partial charge in [-0.25, -0.2) is 0 Å². The largest absolute Gasteiger partial charge is 0.121 e. The van der Waals surface area contributed by atoms with Crippen molar-refractivity contribution in [3.05, 3.63) is 76.9 Å². The molecule has 0 saturated heterocycles. The van der Waals surface area contributed by atoms with E-state index in [0.717, 1.165) is 5.75 Å². The molecule has 0 unspecified atom stereocenters. The van der Waals surface area contributed by atoms with Gasteiger partial charge in [0.15, 0.2) is 0 Å². The zero-order chi connectivity index (χ0) is 16.4. The molecule has 0 spiro atoms. The van der Waals surface area contributed by atoms with Gasteiger partial charge in [-0.3, -0.25) is 0 Å². The topological polar surface area (TPSA) is 0 Å². The van der Waals surface area contributed by atoms with E-state index >= 15 is 0 Å². The first-order valence-corrected chi connectivity index (χ1v) is 9.25. The number of hydrogen-bond acceptors (Lipinski definition) is 1. The normalized spacial score (nSPS) is 11.3. The Morgan fingerprint density at radius 2 is 1.61 bits per heavy atom. The molecule has 1 heteroatoms. The summed E-state index contributed by atoms with van der Waals surface area (Å²) in [6, 6.07) is 20.0. The van der Waals surface area contributed by atoms with Gasteiger partial charge in [0.2, 0.25) is 0 Å². The molecule has 23 heavy (non-hydrogen) atoms. The van der Waals surface area contributed by atoms with E-state index in [0.29, 0.717) is 5.92 Å². The van der Waals surface area contributed by atoms with Gasteiger partial charge in [-0.05, 0) is 59.2 Å². The first kappa shape index (κ1) is 16.1. The van der Waals surface area contributed by atoms with Crippen LogP contribution in [0.4, 0.5) is 0 Å². The minimum Gasteiger partial charge on any atom is -0.121 e. The highest BCUT2D eigenvalue weighted by atomic mass is 32.2. The summed E-state index contributed by atoms with van der Waals surface area (Å²) in [5.74, 6) is 1.58. The van der Waals surface area contributed by atoms with Gasteiger partial charge < -0.3 is 0 Å². The van der Waals surface area contributed by atoms with Crippen molar-refractivity contribution in [1.29, 1.82) is 0 Å². The zero-order valence-electron chi connectivity index (χ0n) is 14.4. The second-order valence-electron chi connectivity index (χ2n) is 6.55. The van der Waals surface area contributed by atoms with Crippen molar-refractivity contribution in [2.24, 2.45) is 0 Å². The average Bonchev–Trinajstić information content (AvgIpc) is 2.75. The van der Waals surface area contributed by atoms with Crippen molar-refractivity contribution >= 4 is 11.8 Å². The van der Waals surface area contributed by atoms with Gasteiger partial charge in [-0.15, -0.1) is 11.8 Å². The Labute approximate surface area is 144 Å². The molecule has 118 valence electrons. The fourth-order valence-corrected chi connectivity index (χ4v) is 3.98. The minimum atomic E-state index is 0.555. The van der Waals surface area contributed by atoms with Gasteiger partial charge in [0.1, 0.15) is 0 Å². The third-order valence-electron chi connectivity index (χ3n) is 4.50. The molecule has 0 saturated carbocycles. The lowest BCUT2D eigenvalue weighted by atomic mass is 10.0. The number of thioether (sulfide) groups is 1. The number of benzene rings is 1. The summed E-state index contributed by atoms with van der Waals surface area (Å²) < 4.78 is 0. The van der Waals surface area contributed by atoms with Crippen LogP contribution in [-0.2, 0) is 5.75 Å². The number of rotatable bonds is 4. The van der Waals surface area contributed by atoms with Crippen LogP contribution in [-0.4, -0.2) is 0 Å². The molecule has 2 aliphatic rings. The summed E-state index contributed by atoms with van der Waals surface area (Å²) in [5.41, 5.74) is 8.38. The van der Waals surface area contributed by atoms with Gasteiger partial charge in [0, 0.05) is 10.6 Å². The maximum Gasteiger partial charge on any atom is 0.0232 e. The van der Waals surface area contributed by atoms with E-state index in [1.165, 1.54) is 38.3 Å². The molecule has 0 radical (unpaired) electrons. The van der Waals surface area contributed by atoms with Crippen LogP contribution >= 0.6 is 11.8 Å². The lowest BCUT2D eigenvalue weighted by Crippen LogP contribution is -1.84. The van der Waals surface area contributed by atoms with Gasteiger partial charge in [0.25, 0.3) is 0 Å². The molecule has 1 aromatic rings. The van der Waals surface area contributed by atoms with Crippen molar-refractivity contribution in [2.45, 2.75) is 44.3 Å². The van der Waals surface area contributed by atoms with Crippen LogP contribution in [0, 0.1) is 13.8 Å². The zero-order valence-corrected chi connectivity index (χ0v) is 15.2. The standard InChI is InChI=1S/C22H24S/c1-15(2)19-11-10-16(3)20-13-22(17(4)21(20)12-19)23-14-18-8-6-5-7-9-18/h5-13,15H,14H2,1-4H3. The second-order valence-corrected chi connectivity index (χ2v) is 7.57. The van der Waals surface area contributed by atoms with Gasteiger partial charge in [-0.2, -0.15) is 0 Å². The second kappa shape index (κ2) is 6.80. The Morgan fingerprint density at radius 3 is 2.30 bits per heavy atom. The monoisotopic (exact) mass is 320 g/mol. The van der Waals surface area contributed by atoms with E-state index in [-0.39, 0.29) is 0 Å². The molecule has 0 fully saturated rings. The minimum absolute atomic E-state index is 0.555. The fraction of sp³-hybridized carbons (Fsp3) is 0.273. The maximum atomic E-state index is 2.38. The van der Waals surface area contributed by atoms with Gasteiger partial charge in [-0.1, -0.05) is 62.4 Å². The van der Waals surface area contributed by atoms with E-state index in [4.69, 9.17) is 0 Å². The molecule has 0 heterocycles. The lowest BCUT2D eigenvalue weighted by molar-refractivity contribution is 0.868. The Hall–Kier alpha value is -1.73. The van der Waals surface area contributed by atoms with Crippen molar-refractivity contribution < 1.29 is 0 Å².